The summed E-state index contributed by atoms with van der Waals surface area (Å²) in [6, 6.07) is 2.96. The standard InChI is InChI=1S/C19H21FN6O2/c20-12-1-2-14-23-9-13(26(14)10-12)18-24-16(15(21)17(22)25-18)11-3-5-19(6-4-11)27-7-8-28-19/h1-2,9-11H,3-8,21H2,(H2,22,24,25). The quantitative estimate of drug-likeness (QED) is 0.698. The van der Waals surface area contributed by atoms with Gasteiger partial charge >= 0.3 is 0 Å². The number of pyridine rings is 1. The summed E-state index contributed by atoms with van der Waals surface area (Å²) in [6.07, 6.45) is 6.21. The van der Waals surface area contributed by atoms with Gasteiger partial charge in [0.2, 0.25) is 0 Å². The van der Waals surface area contributed by atoms with Gasteiger partial charge in [0.25, 0.3) is 0 Å². The average molecular weight is 384 g/mol. The molecular weight excluding hydrogens is 363 g/mol. The Labute approximate surface area is 160 Å². The molecule has 4 N–H and O–H groups in total. The topological polar surface area (TPSA) is 114 Å². The molecule has 1 spiro atoms. The predicted molar refractivity (Wildman–Crippen MR) is 101 cm³/mol. The maximum absolute atomic E-state index is 13.7. The molecule has 9 heteroatoms. The van der Waals surface area contributed by atoms with Crippen LogP contribution in [-0.4, -0.2) is 38.4 Å². The molecule has 0 atom stereocenters. The van der Waals surface area contributed by atoms with Crippen molar-refractivity contribution < 1.29 is 13.9 Å². The van der Waals surface area contributed by atoms with E-state index in [-0.39, 0.29) is 17.6 Å². The summed E-state index contributed by atoms with van der Waals surface area (Å²) >= 11 is 0. The second-order valence-corrected chi connectivity index (χ2v) is 7.33. The molecule has 2 fully saturated rings. The summed E-state index contributed by atoms with van der Waals surface area (Å²) in [4.78, 5) is 13.3. The summed E-state index contributed by atoms with van der Waals surface area (Å²) in [6.45, 7) is 1.28. The van der Waals surface area contributed by atoms with Gasteiger partial charge in [0.15, 0.2) is 17.4 Å². The molecule has 146 valence electrons. The number of ether oxygens (including phenoxy) is 2. The van der Waals surface area contributed by atoms with Crippen LogP contribution in [0.5, 0.6) is 0 Å². The van der Waals surface area contributed by atoms with E-state index in [0.717, 1.165) is 31.4 Å². The minimum atomic E-state index is -0.453. The van der Waals surface area contributed by atoms with E-state index in [1.165, 1.54) is 12.3 Å². The average Bonchev–Trinajstić information content (AvgIpc) is 3.32. The van der Waals surface area contributed by atoms with Crippen molar-refractivity contribution in [3.05, 3.63) is 36.0 Å². The Bertz CT molecular complexity index is 1040. The van der Waals surface area contributed by atoms with E-state index in [4.69, 9.17) is 25.9 Å². The third kappa shape index (κ3) is 2.78. The third-order valence-corrected chi connectivity index (χ3v) is 5.65. The number of nitrogen functional groups attached to an aromatic ring is 2. The molecule has 1 aliphatic heterocycles. The number of nitrogens with zero attached hydrogens (tertiary/aromatic N) is 4. The zero-order chi connectivity index (χ0) is 19.3. The number of nitrogens with two attached hydrogens (primary N) is 2. The number of fused-ring (bicyclic) bond motifs is 1. The van der Waals surface area contributed by atoms with E-state index in [2.05, 4.69) is 9.97 Å². The summed E-state index contributed by atoms with van der Waals surface area (Å²) < 4.78 is 26.9. The van der Waals surface area contributed by atoms with Gasteiger partial charge in [-0.1, -0.05) is 0 Å². The van der Waals surface area contributed by atoms with E-state index >= 15 is 0 Å². The number of aromatic nitrogens is 4. The molecule has 5 rings (SSSR count). The molecule has 3 aromatic rings. The Balaban J connectivity index is 1.51. The van der Waals surface area contributed by atoms with Crippen molar-refractivity contribution >= 4 is 17.2 Å². The number of hydrogen-bond acceptors (Lipinski definition) is 7. The van der Waals surface area contributed by atoms with Crippen molar-refractivity contribution in [1.29, 1.82) is 0 Å². The number of imidazole rings is 1. The summed E-state index contributed by atoms with van der Waals surface area (Å²) in [5.74, 6) is -0.0809. The normalized spacial score (nSPS) is 19.6. The number of anilines is 2. The van der Waals surface area contributed by atoms with Crippen LogP contribution >= 0.6 is 0 Å². The highest BCUT2D eigenvalue weighted by atomic mass is 19.1. The second kappa shape index (κ2) is 6.39. The molecule has 4 heterocycles. The van der Waals surface area contributed by atoms with Crippen LogP contribution < -0.4 is 11.5 Å². The van der Waals surface area contributed by atoms with Crippen LogP contribution in [0.15, 0.2) is 24.5 Å². The lowest BCUT2D eigenvalue weighted by Crippen LogP contribution is -2.35. The zero-order valence-corrected chi connectivity index (χ0v) is 15.3. The first kappa shape index (κ1) is 17.3. The van der Waals surface area contributed by atoms with Crippen LogP contribution in [-0.2, 0) is 9.47 Å². The van der Waals surface area contributed by atoms with Gasteiger partial charge in [0.05, 0.1) is 30.8 Å². The lowest BCUT2D eigenvalue weighted by atomic mass is 9.82. The summed E-state index contributed by atoms with van der Waals surface area (Å²) in [5.41, 5.74) is 14.6. The minimum Gasteiger partial charge on any atom is -0.394 e. The van der Waals surface area contributed by atoms with E-state index < -0.39 is 5.79 Å². The zero-order valence-electron chi connectivity index (χ0n) is 15.3. The van der Waals surface area contributed by atoms with Gasteiger partial charge in [-0.3, -0.25) is 4.40 Å². The van der Waals surface area contributed by atoms with Gasteiger partial charge in [0, 0.05) is 25.0 Å². The van der Waals surface area contributed by atoms with E-state index in [1.807, 2.05) is 0 Å². The first-order valence-electron chi connectivity index (χ1n) is 9.38. The molecule has 0 amide bonds. The van der Waals surface area contributed by atoms with Crippen LogP contribution in [0.4, 0.5) is 15.9 Å². The highest BCUT2D eigenvalue weighted by molar-refractivity contribution is 5.67. The van der Waals surface area contributed by atoms with Crippen LogP contribution in [0.2, 0.25) is 0 Å². The van der Waals surface area contributed by atoms with Crippen LogP contribution in [0, 0.1) is 5.82 Å². The van der Waals surface area contributed by atoms with Crippen molar-refractivity contribution in [2.75, 3.05) is 24.7 Å². The Morgan fingerprint density at radius 2 is 1.86 bits per heavy atom. The van der Waals surface area contributed by atoms with Crippen molar-refractivity contribution in [1.82, 2.24) is 19.4 Å². The maximum atomic E-state index is 13.7. The van der Waals surface area contributed by atoms with Crippen LogP contribution in [0.3, 0.4) is 0 Å². The van der Waals surface area contributed by atoms with Crippen LogP contribution in [0.1, 0.15) is 37.3 Å². The molecule has 2 aliphatic rings. The predicted octanol–water partition coefficient (Wildman–Crippen LogP) is 2.50. The molecular formula is C19H21FN6O2. The first-order valence-corrected chi connectivity index (χ1v) is 9.38. The molecule has 1 aliphatic carbocycles. The molecule has 0 radical (unpaired) electrons. The highest BCUT2D eigenvalue weighted by Gasteiger charge is 2.41. The molecule has 1 saturated heterocycles. The SMILES string of the molecule is Nc1nc(-c2cnc3ccc(F)cn23)nc(C2CCC3(CC2)OCCO3)c1N. The fourth-order valence-electron chi connectivity index (χ4n) is 4.17. The smallest absolute Gasteiger partial charge is 0.180 e. The van der Waals surface area contributed by atoms with Gasteiger partial charge < -0.3 is 20.9 Å². The van der Waals surface area contributed by atoms with Crippen molar-refractivity contribution in [3.8, 4) is 11.5 Å². The Kier molecular flexibility index (Phi) is 3.95. The second-order valence-electron chi connectivity index (χ2n) is 7.33. The van der Waals surface area contributed by atoms with E-state index in [9.17, 15) is 4.39 Å². The lowest BCUT2D eigenvalue weighted by molar-refractivity contribution is -0.178. The molecule has 0 bridgehead atoms. The number of halogens is 1. The summed E-state index contributed by atoms with van der Waals surface area (Å²) in [7, 11) is 0. The summed E-state index contributed by atoms with van der Waals surface area (Å²) in [5, 5.41) is 0. The van der Waals surface area contributed by atoms with Crippen molar-refractivity contribution in [2.24, 2.45) is 0 Å². The maximum Gasteiger partial charge on any atom is 0.180 e. The van der Waals surface area contributed by atoms with Gasteiger partial charge in [-0.05, 0) is 25.0 Å². The molecule has 3 aromatic heterocycles. The van der Waals surface area contributed by atoms with E-state index in [1.54, 1.807) is 16.7 Å². The van der Waals surface area contributed by atoms with Crippen molar-refractivity contribution in [2.45, 2.75) is 37.4 Å². The van der Waals surface area contributed by atoms with Crippen molar-refractivity contribution in [3.63, 3.8) is 0 Å². The minimum absolute atomic E-state index is 0.137. The van der Waals surface area contributed by atoms with Gasteiger partial charge in [-0.15, -0.1) is 0 Å². The molecule has 8 nitrogen and oxygen atoms in total. The monoisotopic (exact) mass is 384 g/mol. The van der Waals surface area contributed by atoms with Gasteiger partial charge in [-0.2, -0.15) is 0 Å². The number of hydrogen-bond donors (Lipinski definition) is 2. The fraction of sp³-hybridized carbons (Fsp3) is 0.421. The fourth-order valence-corrected chi connectivity index (χ4v) is 4.17. The molecule has 0 aromatic carbocycles. The largest absolute Gasteiger partial charge is 0.394 e. The van der Waals surface area contributed by atoms with Gasteiger partial charge in [-0.25, -0.2) is 19.3 Å². The third-order valence-electron chi connectivity index (χ3n) is 5.65. The van der Waals surface area contributed by atoms with Gasteiger partial charge in [0.1, 0.15) is 17.2 Å². The highest BCUT2D eigenvalue weighted by Crippen LogP contribution is 2.43. The Hall–Kier alpha value is -2.78. The van der Waals surface area contributed by atoms with E-state index in [0.29, 0.717) is 36.1 Å². The molecule has 28 heavy (non-hydrogen) atoms. The van der Waals surface area contributed by atoms with Crippen LogP contribution in [0.25, 0.3) is 17.2 Å². The first-order chi connectivity index (χ1) is 13.5. The molecule has 0 unspecified atom stereocenters. The molecule has 1 saturated carbocycles. The Morgan fingerprint density at radius 3 is 2.61 bits per heavy atom. The Morgan fingerprint density at radius 1 is 1.11 bits per heavy atom. The number of rotatable bonds is 2. The lowest BCUT2D eigenvalue weighted by Gasteiger charge is -2.35.